The van der Waals surface area contributed by atoms with E-state index in [0.29, 0.717) is 30.6 Å². The predicted molar refractivity (Wildman–Crippen MR) is 76.6 cm³/mol. The average Bonchev–Trinajstić information content (AvgIpc) is 2.43. The van der Waals surface area contributed by atoms with Crippen molar-refractivity contribution in [2.75, 3.05) is 10.6 Å². The van der Waals surface area contributed by atoms with Crippen molar-refractivity contribution in [2.24, 2.45) is 0 Å². The van der Waals surface area contributed by atoms with Crippen molar-refractivity contribution < 1.29 is 9.72 Å². The molecule has 1 unspecified atom stereocenters. The molecule has 6 nitrogen and oxygen atoms in total. The predicted octanol–water partition coefficient (Wildman–Crippen LogP) is 2.30. The fourth-order valence-electron chi connectivity index (χ4n) is 2.13. The van der Waals surface area contributed by atoms with Gasteiger partial charge in [-0.3, -0.25) is 14.9 Å². The van der Waals surface area contributed by atoms with Gasteiger partial charge in [0.15, 0.2) is 0 Å². The van der Waals surface area contributed by atoms with Crippen molar-refractivity contribution >= 4 is 23.0 Å². The van der Waals surface area contributed by atoms with Crippen molar-refractivity contribution in [3.8, 4) is 12.3 Å². The lowest BCUT2D eigenvalue weighted by atomic mass is 10.0. The van der Waals surface area contributed by atoms with Gasteiger partial charge in [-0.25, -0.2) is 0 Å². The van der Waals surface area contributed by atoms with Crippen LogP contribution < -0.4 is 10.6 Å². The van der Waals surface area contributed by atoms with Gasteiger partial charge in [0.25, 0.3) is 5.69 Å². The van der Waals surface area contributed by atoms with Gasteiger partial charge in [-0.15, -0.1) is 6.42 Å². The molecule has 1 heterocycles. The zero-order valence-corrected chi connectivity index (χ0v) is 11.1. The van der Waals surface area contributed by atoms with Crippen LogP contribution in [0.4, 0.5) is 17.1 Å². The highest BCUT2D eigenvalue weighted by Gasteiger charge is 2.23. The molecule has 1 aliphatic heterocycles. The van der Waals surface area contributed by atoms with E-state index in [1.807, 2.05) is 6.92 Å². The van der Waals surface area contributed by atoms with E-state index in [9.17, 15) is 14.9 Å². The minimum atomic E-state index is -0.480. The molecule has 1 aromatic carbocycles. The first kappa shape index (κ1) is 13.9. The van der Waals surface area contributed by atoms with Gasteiger partial charge in [-0.1, -0.05) is 12.8 Å². The minimum absolute atomic E-state index is 0.0837. The molecule has 0 fully saturated rings. The number of anilines is 2. The van der Waals surface area contributed by atoms with Crippen LogP contribution in [0.5, 0.6) is 0 Å². The third kappa shape index (κ3) is 2.72. The second-order valence-electron chi connectivity index (χ2n) is 4.60. The molecule has 1 aromatic rings. The number of nitro benzene ring substituents is 1. The molecule has 1 amide bonds. The van der Waals surface area contributed by atoms with E-state index in [4.69, 9.17) is 6.42 Å². The molecule has 20 heavy (non-hydrogen) atoms. The summed E-state index contributed by atoms with van der Waals surface area (Å²) in [5, 5.41) is 16.8. The molecule has 104 valence electrons. The smallest absolute Gasteiger partial charge is 0.294 e. The summed E-state index contributed by atoms with van der Waals surface area (Å²) in [4.78, 5) is 22.0. The van der Waals surface area contributed by atoms with Gasteiger partial charge in [0, 0.05) is 12.5 Å². The Morgan fingerprint density at radius 2 is 2.30 bits per heavy atom. The van der Waals surface area contributed by atoms with Crippen LogP contribution in [0, 0.1) is 22.5 Å². The Balaban J connectivity index is 2.43. The number of carbonyl (C=O) groups excluding carboxylic acids is 1. The molecule has 6 heteroatoms. The number of hydrogen-bond acceptors (Lipinski definition) is 4. The van der Waals surface area contributed by atoms with E-state index >= 15 is 0 Å². The summed E-state index contributed by atoms with van der Waals surface area (Å²) in [5.41, 5.74) is 1.70. The Bertz CT molecular complexity index is 604. The van der Waals surface area contributed by atoms with Crippen molar-refractivity contribution in [3.63, 3.8) is 0 Å². The van der Waals surface area contributed by atoms with Gasteiger partial charge >= 0.3 is 0 Å². The van der Waals surface area contributed by atoms with Crippen molar-refractivity contribution in [1.82, 2.24) is 0 Å². The summed E-state index contributed by atoms with van der Waals surface area (Å²) < 4.78 is 0. The van der Waals surface area contributed by atoms with Crippen molar-refractivity contribution in [1.29, 1.82) is 0 Å². The van der Waals surface area contributed by atoms with Gasteiger partial charge in [-0.05, 0) is 24.5 Å². The number of nitro groups is 1. The molecule has 1 atom stereocenters. The van der Waals surface area contributed by atoms with Crippen LogP contribution in [0.25, 0.3) is 0 Å². The van der Waals surface area contributed by atoms with Gasteiger partial charge < -0.3 is 10.6 Å². The fourth-order valence-corrected chi connectivity index (χ4v) is 2.13. The lowest BCUT2D eigenvalue weighted by Gasteiger charge is -2.19. The maximum Gasteiger partial charge on any atom is 0.294 e. The van der Waals surface area contributed by atoms with Crippen LogP contribution in [0.2, 0.25) is 0 Å². The van der Waals surface area contributed by atoms with E-state index in [1.165, 1.54) is 6.07 Å². The zero-order valence-electron chi connectivity index (χ0n) is 11.1. The number of terminal acetylenes is 1. The monoisotopic (exact) mass is 273 g/mol. The molecular formula is C14H15N3O3. The van der Waals surface area contributed by atoms with Crippen molar-refractivity contribution in [2.45, 2.75) is 32.2 Å². The van der Waals surface area contributed by atoms with Gasteiger partial charge in [0.1, 0.15) is 5.69 Å². The summed E-state index contributed by atoms with van der Waals surface area (Å²) in [6, 6.07) is 2.83. The number of carbonyl (C=O) groups is 1. The number of amides is 1. The first-order valence-corrected chi connectivity index (χ1v) is 6.39. The Hall–Kier alpha value is -2.55. The number of fused-ring (bicyclic) bond motifs is 1. The SMILES string of the molecule is C#CC(CC)Nc1cc2c(cc1[N+](=O)[O-])NC(=O)CC2. The fraction of sp³-hybridized carbons (Fsp3) is 0.357. The first-order chi connectivity index (χ1) is 9.55. The van der Waals surface area contributed by atoms with E-state index in [0.717, 1.165) is 5.56 Å². The molecule has 2 rings (SSSR count). The molecule has 0 aliphatic carbocycles. The summed E-state index contributed by atoms with van der Waals surface area (Å²) in [7, 11) is 0. The summed E-state index contributed by atoms with van der Waals surface area (Å²) in [6.45, 7) is 1.90. The third-order valence-electron chi connectivity index (χ3n) is 3.25. The standard InChI is InChI=1S/C14H15N3O3/c1-3-10(4-2)15-12-7-9-5-6-14(18)16-11(9)8-13(12)17(19)20/h1,7-8,10,15H,4-6H2,2H3,(H,16,18). The lowest BCUT2D eigenvalue weighted by Crippen LogP contribution is -2.21. The number of rotatable bonds is 4. The van der Waals surface area contributed by atoms with Crippen LogP contribution in [-0.2, 0) is 11.2 Å². The molecular weight excluding hydrogens is 258 g/mol. The molecule has 0 bridgehead atoms. The highest BCUT2D eigenvalue weighted by atomic mass is 16.6. The number of nitrogens with zero attached hydrogens (tertiary/aromatic N) is 1. The van der Waals surface area contributed by atoms with E-state index in [-0.39, 0.29) is 17.6 Å². The number of hydrogen-bond donors (Lipinski definition) is 2. The highest BCUT2D eigenvalue weighted by molar-refractivity contribution is 5.95. The van der Waals surface area contributed by atoms with E-state index in [1.54, 1.807) is 6.07 Å². The largest absolute Gasteiger partial charge is 0.366 e. The Morgan fingerprint density at radius 1 is 1.55 bits per heavy atom. The van der Waals surface area contributed by atoms with E-state index in [2.05, 4.69) is 16.6 Å². The quantitative estimate of drug-likeness (QED) is 0.501. The molecule has 0 saturated carbocycles. The maximum atomic E-state index is 11.3. The topological polar surface area (TPSA) is 84.3 Å². The number of benzene rings is 1. The minimum Gasteiger partial charge on any atom is -0.366 e. The normalized spacial score (nSPS) is 14.7. The first-order valence-electron chi connectivity index (χ1n) is 6.39. The van der Waals surface area contributed by atoms with Gasteiger partial charge in [-0.2, -0.15) is 0 Å². The molecule has 0 spiro atoms. The molecule has 1 aliphatic rings. The van der Waals surface area contributed by atoms with Crippen LogP contribution in [-0.4, -0.2) is 16.9 Å². The van der Waals surface area contributed by atoms with Crippen LogP contribution >= 0.6 is 0 Å². The second kappa shape index (κ2) is 5.61. The van der Waals surface area contributed by atoms with Crippen LogP contribution in [0.1, 0.15) is 25.3 Å². The highest BCUT2D eigenvalue weighted by Crippen LogP contribution is 2.34. The third-order valence-corrected chi connectivity index (χ3v) is 3.25. The average molecular weight is 273 g/mol. The number of aryl methyl sites for hydroxylation is 1. The Morgan fingerprint density at radius 3 is 2.90 bits per heavy atom. The molecule has 0 saturated heterocycles. The molecule has 0 radical (unpaired) electrons. The van der Waals surface area contributed by atoms with Crippen LogP contribution in [0.15, 0.2) is 12.1 Å². The number of nitrogens with one attached hydrogen (secondary N) is 2. The summed E-state index contributed by atoms with van der Waals surface area (Å²) in [5.74, 6) is 2.43. The maximum absolute atomic E-state index is 11.3. The zero-order chi connectivity index (χ0) is 14.7. The van der Waals surface area contributed by atoms with Crippen LogP contribution in [0.3, 0.4) is 0 Å². The molecule has 2 N–H and O–H groups in total. The summed E-state index contributed by atoms with van der Waals surface area (Å²) in [6.07, 6.45) is 7.00. The van der Waals surface area contributed by atoms with Gasteiger partial charge in [0.2, 0.25) is 5.91 Å². The second-order valence-corrected chi connectivity index (χ2v) is 4.60. The van der Waals surface area contributed by atoms with Crippen molar-refractivity contribution in [3.05, 3.63) is 27.8 Å². The molecule has 0 aromatic heterocycles. The van der Waals surface area contributed by atoms with Gasteiger partial charge in [0.05, 0.1) is 16.7 Å². The lowest BCUT2D eigenvalue weighted by molar-refractivity contribution is -0.383. The van der Waals surface area contributed by atoms with E-state index < -0.39 is 4.92 Å². The Kier molecular flexibility index (Phi) is 3.89. The summed E-state index contributed by atoms with van der Waals surface area (Å²) >= 11 is 0. The Labute approximate surface area is 116 Å².